The molecule has 2 amide bonds. The van der Waals surface area contributed by atoms with Crippen LogP contribution in [-0.2, 0) is 16.1 Å². The lowest BCUT2D eigenvalue weighted by Crippen LogP contribution is -2.39. The highest BCUT2D eigenvalue weighted by Gasteiger charge is 2.55. The van der Waals surface area contributed by atoms with E-state index >= 15 is 0 Å². The normalized spacial score (nSPS) is 18.6. The zero-order valence-corrected chi connectivity index (χ0v) is 19.9. The number of rotatable bonds is 8. The van der Waals surface area contributed by atoms with Gasteiger partial charge in [-0.05, 0) is 12.1 Å². The molecule has 3 aromatic rings. The Kier molecular flexibility index (Phi) is 5.88. The third-order valence-corrected chi connectivity index (χ3v) is 5.87. The molecule has 2 unspecified atom stereocenters. The molecule has 0 aliphatic carbocycles. The maximum absolute atomic E-state index is 13.3. The fourth-order valence-electron chi connectivity index (χ4n) is 4.08. The first-order valence-corrected chi connectivity index (χ1v) is 10.8. The van der Waals surface area contributed by atoms with Crippen molar-refractivity contribution in [3.63, 3.8) is 0 Å². The molecule has 0 spiro atoms. The zero-order valence-electron chi connectivity index (χ0n) is 19.9. The van der Waals surface area contributed by atoms with Crippen LogP contribution in [0.4, 0.5) is 5.69 Å². The number of fused-ring (bicyclic) bond motifs is 1. The van der Waals surface area contributed by atoms with Gasteiger partial charge < -0.3 is 23.5 Å². The molecule has 2 aromatic carbocycles. The van der Waals surface area contributed by atoms with Crippen molar-refractivity contribution in [2.75, 3.05) is 33.3 Å². The maximum Gasteiger partial charge on any atom is 0.263 e. The Morgan fingerprint density at radius 1 is 0.889 bits per heavy atom. The smallest absolute Gasteiger partial charge is 0.263 e. The molecule has 2 aliphatic rings. The standard InChI is InChI=1S/C23H22N6O7/c1-32-13-5-6-16(17(10-13)35-4)21-24-18(36-26-21)11-28-20-19(25-27-28)22(30)29(23(20)31)12-7-14(33-2)9-15(8-12)34-3/h5-10,19-20H,11H2,1-4H3. The van der Waals surface area contributed by atoms with Crippen molar-refractivity contribution in [2.24, 2.45) is 10.3 Å². The molecule has 2 aliphatic heterocycles. The van der Waals surface area contributed by atoms with Gasteiger partial charge in [0.1, 0.15) is 29.5 Å². The molecule has 0 bridgehead atoms. The van der Waals surface area contributed by atoms with Crippen molar-refractivity contribution >= 4 is 17.5 Å². The van der Waals surface area contributed by atoms with Gasteiger partial charge in [0.05, 0.1) is 39.7 Å². The van der Waals surface area contributed by atoms with E-state index in [0.717, 1.165) is 4.90 Å². The minimum absolute atomic E-state index is 0.0234. The summed E-state index contributed by atoms with van der Waals surface area (Å²) in [4.78, 5) is 31.9. The van der Waals surface area contributed by atoms with E-state index in [0.29, 0.717) is 34.2 Å². The zero-order chi connectivity index (χ0) is 25.4. The van der Waals surface area contributed by atoms with Crippen LogP contribution in [0.5, 0.6) is 23.0 Å². The van der Waals surface area contributed by atoms with E-state index in [4.69, 9.17) is 23.5 Å². The predicted octanol–water partition coefficient (Wildman–Crippen LogP) is 2.26. The van der Waals surface area contributed by atoms with Gasteiger partial charge in [0.2, 0.25) is 11.7 Å². The lowest BCUT2D eigenvalue weighted by molar-refractivity contribution is -0.123. The number of hydrogen-bond acceptors (Lipinski definition) is 12. The summed E-state index contributed by atoms with van der Waals surface area (Å²) in [6.07, 6.45) is 0. The first kappa shape index (κ1) is 23.1. The molecule has 0 N–H and O–H groups in total. The van der Waals surface area contributed by atoms with E-state index in [9.17, 15) is 9.59 Å². The van der Waals surface area contributed by atoms with Crippen LogP contribution in [0.2, 0.25) is 0 Å². The first-order chi connectivity index (χ1) is 17.5. The van der Waals surface area contributed by atoms with Gasteiger partial charge in [-0.3, -0.25) is 14.6 Å². The van der Waals surface area contributed by atoms with Crippen molar-refractivity contribution < 1.29 is 33.1 Å². The van der Waals surface area contributed by atoms with Gasteiger partial charge in [-0.1, -0.05) is 10.4 Å². The van der Waals surface area contributed by atoms with E-state index in [-0.39, 0.29) is 18.3 Å². The van der Waals surface area contributed by atoms with Crippen LogP contribution in [0.1, 0.15) is 5.89 Å². The molecule has 3 heterocycles. The Balaban J connectivity index is 1.37. The molecule has 36 heavy (non-hydrogen) atoms. The molecule has 186 valence electrons. The fraction of sp³-hybridized carbons (Fsp3) is 0.304. The van der Waals surface area contributed by atoms with Crippen molar-refractivity contribution in [1.82, 2.24) is 15.1 Å². The van der Waals surface area contributed by atoms with E-state index in [1.54, 1.807) is 43.5 Å². The van der Waals surface area contributed by atoms with Gasteiger partial charge in [-0.25, -0.2) is 4.90 Å². The summed E-state index contributed by atoms with van der Waals surface area (Å²) in [5, 5.41) is 13.4. The number of amides is 2. The van der Waals surface area contributed by atoms with Gasteiger partial charge in [0, 0.05) is 24.3 Å². The minimum Gasteiger partial charge on any atom is -0.497 e. The number of imide groups is 1. The van der Waals surface area contributed by atoms with Gasteiger partial charge in [-0.15, -0.1) is 0 Å². The summed E-state index contributed by atoms with van der Waals surface area (Å²) in [5.74, 6) is 1.48. The molecule has 13 heteroatoms. The summed E-state index contributed by atoms with van der Waals surface area (Å²) in [5.41, 5.74) is 0.914. The topological polar surface area (TPSA) is 141 Å². The summed E-state index contributed by atoms with van der Waals surface area (Å²) in [7, 11) is 6.05. The van der Waals surface area contributed by atoms with Crippen LogP contribution in [0.15, 0.2) is 51.3 Å². The average molecular weight is 494 g/mol. The minimum atomic E-state index is -0.987. The summed E-state index contributed by atoms with van der Waals surface area (Å²) >= 11 is 0. The Labute approximate surface area is 205 Å². The lowest BCUT2D eigenvalue weighted by Gasteiger charge is -2.20. The van der Waals surface area contributed by atoms with E-state index < -0.39 is 23.9 Å². The number of nitrogens with zero attached hydrogens (tertiary/aromatic N) is 6. The molecular formula is C23H22N6O7. The molecular weight excluding hydrogens is 472 g/mol. The highest BCUT2D eigenvalue weighted by molar-refractivity contribution is 6.25. The number of methoxy groups -OCH3 is 4. The molecule has 13 nitrogen and oxygen atoms in total. The Morgan fingerprint density at radius 3 is 2.28 bits per heavy atom. The average Bonchev–Trinajstić information content (AvgIpc) is 3.60. The number of carbonyl (C=O) groups is 2. The van der Waals surface area contributed by atoms with E-state index in [2.05, 4.69) is 20.5 Å². The third kappa shape index (κ3) is 3.83. The third-order valence-electron chi connectivity index (χ3n) is 5.87. The van der Waals surface area contributed by atoms with Crippen LogP contribution in [-0.4, -0.2) is 67.5 Å². The highest BCUT2D eigenvalue weighted by Crippen LogP contribution is 2.36. The van der Waals surface area contributed by atoms with Crippen molar-refractivity contribution in [3.05, 3.63) is 42.3 Å². The highest BCUT2D eigenvalue weighted by atomic mass is 16.5. The SMILES string of the molecule is COc1cc(OC)cc(N2C(=O)C3N=NN(Cc4nc(-c5ccc(OC)cc5OC)no4)C3C2=O)c1. The van der Waals surface area contributed by atoms with Crippen molar-refractivity contribution in [3.8, 4) is 34.4 Å². The Bertz CT molecular complexity index is 1330. The molecule has 0 radical (unpaired) electrons. The second-order valence-electron chi connectivity index (χ2n) is 7.85. The van der Waals surface area contributed by atoms with Crippen molar-refractivity contribution in [2.45, 2.75) is 18.6 Å². The van der Waals surface area contributed by atoms with Crippen molar-refractivity contribution in [1.29, 1.82) is 0 Å². The number of aromatic nitrogens is 2. The maximum atomic E-state index is 13.3. The van der Waals surface area contributed by atoms with Gasteiger partial charge in [0.15, 0.2) is 12.1 Å². The van der Waals surface area contributed by atoms with Crippen LogP contribution in [0.25, 0.3) is 11.4 Å². The van der Waals surface area contributed by atoms with Crippen LogP contribution in [0.3, 0.4) is 0 Å². The number of anilines is 1. The van der Waals surface area contributed by atoms with Gasteiger partial charge in [-0.2, -0.15) is 10.1 Å². The molecule has 5 rings (SSSR count). The molecule has 1 saturated heterocycles. The monoisotopic (exact) mass is 494 g/mol. The van der Waals surface area contributed by atoms with E-state index in [1.165, 1.54) is 26.3 Å². The van der Waals surface area contributed by atoms with E-state index in [1.807, 2.05) is 0 Å². The van der Waals surface area contributed by atoms with Gasteiger partial charge >= 0.3 is 0 Å². The Hall–Kier alpha value is -4.68. The molecule has 0 saturated carbocycles. The summed E-state index contributed by atoms with van der Waals surface area (Å²) in [6.45, 7) is -0.0234. The Morgan fingerprint density at radius 2 is 1.61 bits per heavy atom. The van der Waals surface area contributed by atoms with Crippen LogP contribution < -0.4 is 23.8 Å². The second-order valence-corrected chi connectivity index (χ2v) is 7.85. The second kappa shape index (κ2) is 9.17. The lowest BCUT2D eigenvalue weighted by atomic mass is 10.1. The van der Waals surface area contributed by atoms with Crippen LogP contribution in [0, 0.1) is 0 Å². The van der Waals surface area contributed by atoms with Crippen LogP contribution >= 0.6 is 0 Å². The quantitative estimate of drug-likeness (QED) is 0.428. The summed E-state index contributed by atoms with van der Waals surface area (Å²) in [6, 6.07) is 8.07. The number of benzene rings is 2. The molecule has 1 aromatic heterocycles. The number of ether oxygens (including phenoxy) is 4. The number of hydrogen-bond donors (Lipinski definition) is 0. The largest absolute Gasteiger partial charge is 0.497 e. The molecule has 2 atom stereocenters. The number of carbonyl (C=O) groups excluding carboxylic acids is 2. The first-order valence-electron chi connectivity index (χ1n) is 10.8. The fourth-order valence-corrected chi connectivity index (χ4v) is 4.08. The molecule has 1 fully saturated rings. The summed E-state index contributed by atoms with van der Waals surface area (Å²) < 4.78 is 26.5. The predicted molar refractivity (Wildman–Crippen MR) is 123 cm³/mol. The van der Waals surface area contributed by atoms with Gasteiger partial charge in [0.25, 0.3) is 11.8 Å².